The molecule has 1 aromatic rings. The summed E-state index contributed by atoms with van der Waals surface area (Å²) in [6, 6.07) is 5.60. The molecule has 4 rings (SSSR count). The predicted octanol–water partition coefficient (Wildman–Crippen LogP) is 2.47. The Morgan fingerprint density at radius 1 is 1.33 bits per heavy atom. The number of benzene rings is 1. The van der Waals surface area contributed by atoms with E-state index in [2.05, 4.69) is 16.7 Å². The van der Waals surface area contributed by atoms with Gasteiger partial charge in [0.15, 0.2) is 0 Å². The molecule has 1 aromatic carbocycles. The standard InChI is InChI=1S/C22H27NO4/c1-3-26-20-15-17(6-8-21(24)27-4-2)5-7-18(20)9-12-22(25)16-23-13-10-19(22)11-14-23/h5-8,15,19,25H,3-4,10-11,13-14,16H2,1-2H3. The fraction of sp³-hybridized carbons (Fsp3) is 0.500. The molecule has 1 atom stereocenters. The maximum atomic E-state index is 11.5. The molecule has 1 unspecified atom stereocenters. The van der Waals surface area contributed by atoms with Gasteiger partial charge in [0.25, 0.3) is 0 Å². The summed E-state index contributed by atoms with van der Waals surface area (Å²) in [4.78, 5) is 13.8. The first-order chi connectivity index (χ1) is 13.0. The lowest BCUT2D eigenvalue weighted by Gasteiger charge is -2.47. The van der Waals surface area contributed by atoms with Gasteiger partial charge >= 0.3 is 5.97 Å². The maximum Gasteiger partial charge on any atom is 0.330 e. The summed E-state index contributed by atoms with van der Waals surface area (Å²) in [6.07, 6.45) is 5.09. The number of esters is 1. The number of hydrogen-bond acceptors (Lipinski definition) is 5. The Hall–Kier alpha value is -2.29. The number of carbonyl (C=O) groups is 1. The molecule has 0 saturated carbocycles. The number of rotatable bonds is 5. The molecular weight excluding hydrogens is 342 g/mol. The average Bonchev–Trinajstić information content (AvgIpc) is 2.67. The third-order valence-electron chi connectivity index (χ3n) is 5.15. The number of piperidine rings is 3. The van der Waals surface area contributed by atoms with Gasteiger partial charge in [-0.1, -0.05) is 17.9 Å². The number of hydrogen-bond donors (Lipinski definition) is 1. The van der Waals surface area contributed by atoms with E-state index in [1.165, 1.54) is 6.08 Å². The van der Waals surface area contributed by atoms with Gasteiger partial charge in [0.2, 0.25) is 0 Å². The van der Waals surface area contributed by atoms with Crippen LogP contribution in [0, 0.1) is 17.8 Å². The zero-order chi connectivity index (χ0) is 19.3. The van der Waals surface area contributed by atoms with Crippen molar-refractivity contribution < 1.29 is 19.4 Å². The largest absolute Gasteiger partial charge is 0.493 e. The van der Waals surface area contributed by atoms with Crippen LogP contribution in [0.2, 0.25) is 0 Å². The Morgan fingerprint density at radius 3 is 2.74 bits per heavy atom. The molecule has 1 N–H and O–H groups in total. The molecule has 0 spiro atoms. The van der Waals surface area contributed by atoms with E-state index < -0.39 is 5.60 Å². The molecule has 0 amide bonds. The second kappa shape index (κ2) is 8.60. The SMILES string of the molecule is CCOC(=O)C=Cc1ccc(C#CC2(O)CN3CCC2CC3)c(OCC)c1. The number of nitrogens with zero attached hydrogens (tertiary/aromatic N) is 1. The first kappa shape index (κ1) is 19.5. The van der Waals surface area contributed by atoms with E-state index in [-0.39, 0.29) is 11.9 Å². The van der Waals surface area contributed by atoms with Crippen LogP contribution < -0.4 is 4.74 Å². The molecule has 27 heavy (non-hydrogen) atoms. The van der Waals surface area contributed by atoms with Gasteiger partial charge in [-0.15, -0.1) is 0 Å². The molecule has 144 valence electrons. The predicted molar refractivity (Wildman–Crippen MR) is 104 cm³/mol. The summed E-state index contributed by atoms with van der Waals surface area (Å²) in [7, 11) is 0. The van der Waals surface area contributed by atoms with E-state index in [9.17, 15) is 9.90 Å². The van der Waals surface area contributed by atoms with Crippen LogP contribution in [0.3, 0.4) is 0 Å². The third-order valence-corrected chi connectivity index (χ3v) is 5.15. The van der Waals surface area contributed by atoms with Gasteiger partial charge in [-0.25, -0.2) is 4.79 Å². The van der Waals surface area contributed by atoms with E-state index in [0.717, 1.165) is 37.1 Å². The highest BCUT2D eigenvalue weighted by molar-refractivity contribution is 5.87. The van der Waals surface area contributed by atoms with Crippen LogP contribution in [0.4, 0.5) is 0 Å². The van der Waals surface area contributed by atoms with E-state index in [4.69, 9.17) is 9.47 Å². The molecule has 3 aliphatic rings. The summed E-state index contributed by atoms with van der Waals surface area (Å²) in [5.41, 5.74) is 0.635. The molecular formula is C22H27NO4. The highest BCUT2D eigenvalue weighted by atomic mass is 16.5. The van der Waals surface area contributed by atoms with Crippen molar-refractivity contribution in [2.45, 2.75) is 32.3 Å². The maximum absolute atomic E-state index is 11.5. The minimum Gasteiger partial charge on any atom is -0.493 e. The molecule has 0 radical (unpaired) electrons. The lowest BCUT2D eigenvalue weighted by molar-refractivity contribution is -0.137. The number of fused-ring (bicyclic) bond motifs is 3. The summed E-state index contributed by atoms with van der Waals surface area (Å²) in [5, 5.41) is 11.0. The van der Waals surface area contributed by atoms with Crippen molar-refractivity contribution in [1.29, 1.82) is 0 Å². The topological polar surface area (TPSA) is 59.0 Å². The summed E-state index contributed by atoms with van der Waals surface area (Å²) >= 11 is 0. The van der Waals surface area contributed by atoms with Gasteiger partial charge in [0, 0.05) is 18.5 Å². The highest BCUT2D eigenvalue weighted by Gasteiger charge is 2.44. The van der Waals surface area contributed by atoms with E-state index in [1.54, 1.807) is 13.0 Å². The van der Waals surface area contributed by atoms with Crippen LogP contribution in [0.5, 0.6) is 5.75 Å². The van der Waals surface area contributed by atoms with Crippen LogP contribution in [0.1, 0.15) is 37.8 Å². The highest BCUT2D eigenvalue weighted by Crippen LogP contribution is 2.35. The number of aliphatic hydroxyl groups is 1. The average molecular weight is 369 g/mol. The van der Waals surface area contributed by atoms with Gasteiger partial charge in [0.1, 0.15) is 11.4 Å². The fourth-order valence-corrected chi connectivity index (χ4v) is 3.73. The summed E-state index contributed by atoms with van der Waals surface area (Å²) in [6.45, 7) is 7.29. The zero-order valence-electron chi connectivity index (χ0n) is 16.0. The molecule has 3 heterocycles. The molecule has 5 nitrogen and oxygen atoms in total. The minimum absolute atomic E-state index is 0.248. The Morgan fingerprint density at radius 2 is 2.11 bits per heavy atom. The first-order valence-electron chi connectivity index (χ1n) is 9.63. The van der Waals surface area contributed by atoms with Crippen molar-refractivity contribution in [2.24, 2.45) is 5.92 Å². The Balaban J connectivity index is 1.81. The molecule has 3 fully saturated rings. The Labute approximate surface area is 161 Å². The van der Waals surface area contributed by atoms with Crippen molar-refractivity contribution in [3.8, 4) is 17.6 Å². The molecule has 2 bridgehead atoms. The van der Waals surface area contributed by atoms with Gasteiger partial charge < -0.3 is 14.6 Å². The molecule has 5 heteroatoms. The monoisotopic (exact) mass is 369 g/mol. The number of carbonyl (C=O) groups excluding carboxylic acids is 1. The molecule has 3 aliphatic heterocycles. The van der Waals surface area contributed by atoms with Crippen molar-refractivity contribution in [2.75, 3.05) is 32.8 Å². The third kappa shape index (κ3) is 4.71. The molecule has 3 saturated heterocycles. The second-order valence-corrected chi connectivity index (χ2v) is 7.00. The van der Waals surface area contributed by atoms with Crippen LogP contribution in [-0.2, 0) is 9.53 Å². The normalized spacial score (nSPS) is 26.5. The van der Waals surface area contributed by atoms with Crippen LogP contribution in [0.25, 0.3) is 6.08 Å². The summed E-state index contributed by atoms with van der Waals surface area (Å²) in [5.74, 6) is 6.79. The van der Waals surface area contributed by atoms with E-state index in [0.29, 0.717) is 25.5 Å². The smallest absolute Gasteiger partial charge is 0.330 e. The second-order valence-electron chi connectivity index (χ2n) is 7.00. The van der Waals surface area contributed by atoms with Crippen molar-refractivity contribution in [1.82, 2.24) is 4.90 Å². The minimum atomic E-state index is -0.942. The first-order valence-corrected chi connectivity index (χ1v) is 9.63. The van der Waals surface area contributed by atoms with E-state index >= 15 is 0 Å². The van der Waals surface area contributed by atoms with Crippen molar-refractivity contribution in [3.05, 3.63) is 35.4 Å². The molecule has 0 aromatic heterocycles. The van der Waals surface area contributed by atoms with Crippen LogP contribution >= 0.6 is 0 Å². The van der Waals surface area contributed by atoms with Crippen LogP contribution in [-0.4, -0.2) is 54.4 Å². The van der Waals surface area contributed by atoms with Gasteiger partial charge in [0.05, 0.1) is 18.8 Å². The quantitative estimate of drug-likeness (QED) is 0.491. The summed E-state index contributed by atoms with van der Waals surface area (Å²) < 4.78 is 10.6. The lowest BCUT2D eigenvalue weighted by Crippen LogP contribution is -2.58. The van der Waals surface area contributed by atoms with Gasteiger partial charge in [-0.3, -0.25) is 4.90 Å². The number of ether oxygens (including phenoxy) is 2. The fourth-order valence-electron chi connectivity index (χ4n) is 3.73. The molecule has 0 aliphatic carbocycles. The Bertz CT molecular complexity index is 768. The zero-order valence-corrected chi connectivity index (χ0v) is 16.0. The van der Waals surface area contributed by atoms with Crippen molar-refractivity contribution in [3.63, 3.8) is 0 Å². The lowest BCUT2D eigenvalue weighted by atomic mass is 9.76. The van der Waals surface area contributed by atoms with Gasteiger partial charge in [-0.05, 0) is 63.6 Å². The van der Waals surface area contributed by atoms with Gasteiger partial charge in [-0.2, -0.15) is 0 Å². The van der Waals surface area contributed by atoms with Crippen LogP contribution in [0.15, 0.2) is 24.3 Å². The Kier molecular flexibility index (Phi) is 6.20. The van der Waals surface area contributed by atoms with E-state index in [1.807, 2.05) is 25.1 Å². The van der Waals surface area contributed by atoms with Crippen molar-refractivity contribution >= 4 is 12.0 Å².